The van der Waals surface area contributed by atoms with E-state index < -0.39 is 17.4 Å². The van der Waals surface area contributed by atoms with Crippen LogP contribution < -0.4 is 16.0 Å². The van der Waals surface area contributed by atoms with Crippen molar-refractivity contribution < 1.29 is 24.6 Å². The second-order valence-corrected chi connectivity index (χ2v) is 11.9. The molecule has 43 heavy (non-hydrogen) atoms. The Balaban J connectivity index is 1.86. The number of ketones is 1. The number of carboxylic acid groups (broad SMARTS) is 2. The number of fused-ring (bicyclic) bond motifs is 8. The quantitative estimate of drug-likeness (QED) is 0.234. The molecule has 5 rings (SSSR count). The molecule has 0 aliphatic carbocycles. The van der Waals surface area contributed by atoms with Gasteiger partial charge in [0.1, 0.15) is 0 Å². The van der Waals surface area contributed by atoms with E-state index >= 15 is 0 Å². The van der Waals surface area contributed by atoms with Crippen LogP contribution in [0.4, 0.5) is 0 Å². The maximum atomic E-state index is 13.9. The molecule has 5 heterocycles. The van der Waals surface area contributed by atoms with E-state index in [0.29, 0.717) is 25.0 Å². The molecule has 1 fully saturated rings. The number of allylic oxidation sites excluding steroid dienone is 2. The van der Waals surface area contributed by atoms with Crippen molar-refractivity contribution in [3.8, 4) is 0 Å². The lowest BCUT2D eigenvalue weighted by molar-refractivity contribution is -0.138. The zero-order valence-corrected chi connectivity index (χ0v) is 25.7. The average molecular weight is 585 g/mol. The van der Waals surface area contributed by atoms with Crippen LogP contribution in [0.5, 0.6) is 0 Å². The van der Waals surface area contributed by atoms with Crippen molar-refractivity contribution in [1.29, 1.82) is 0 Å². The lowest BCUT2D eigenvalue weighted by Gasteiger charge is -2.20. The van der Waals surface area contributed by atoms with E-state index in [4.69, 9.17) is 0 Å². The van der Waals surface area contributed by atoms with Gasteiger partial charge in [-0.15, -0.1) is 0 Å². The van der Waals surface area contributed by atoms with Crippen LogP contribution in [0, 0.1) is 26.2 Å². The molecule has 8 bridgehead atoms. The number of nitrogens with one attached hydrogen (secondary N) is 4. The molecule has 0 spiro atoms. The average Bonchev–Trinajstić information content (AvgIpc) is 3.59. The molecule has 1 unspecified atom stereocenters. The lowest BCUT2D eigenvalue weighted by atomic mass is 9.81. The first kappa shape index (κ1) is 29.9. The highest BCUT2D eigenvalue weighted by molar-refractivity contribution is 6.08. The van der Waals surface area contributed by atoms with Crippen molar-refractivity contribution in [2.24, 2.45) is 5.41 Å². The van der Waals surface area contributed by atoms with Gasteiger partial charge >= 0.3 is 11.9 Å². The second kappa shape index (κ2) is 11.3. The molecule has 0 aromatic carbocycles. The zero-order chi connectivity index (χ0) is 31.2. The molecule has 226 valence electrons. The molecule has 1 saturated heterocycles. The number of aliphatic carboxylic acids is 2. The summed E-state index contributed by atoms with van der Waals surface area (Å²) in [6, 6.07) is 0. The first-order chi connectivity index (χ1) is 20.4. The van der Waals surface area contributed by atoms with Gasteiger partial charge in [0.05, 0.1) is 11.1 Å². The van der Waals surface area contributed by atoms with Crippen LogP contribution in [0.25, 0.3) is 24.3 Å². The summed E-state index contributed by atoms with van der Waals surface area (Å²) in [6.07, 6.45) is 9.90. The number of carboxylic acids is 2. The number of hydrogen-bond donors (Lipinski definition) is 6. The number of rotatable bonds is 8. The van der Waals surface area contributed by atoms with Gasteiger partial charge in [-0.3, -0.25) is 14.4 Å². The standard InChI is InChI=1S/C34H40N4O5/c1-7-20-17(3)23-13-24-18(4)21(9-11-31(39)40)26(35-24)15-27-22(10-12-32(41)42)19(5)25(36-27)14-29-33(43)34(6,8-2)30(38-29)16-28(20)37-23/h13-16,35-38H,7-12H2,1-6H3,(H,39,40)(H,41,42). The molecule has 0 amide bonds. The van der Waals surface area contributed by atoms with Crippen molar-refractivity contribution >= 4 is 42.0 Å². The van der Waals surface area contributed by atoms with Crippen molar-refractivity contribution in [2.75, 3.05) is 0 Å². The molecule has 1 atom stereocenters. The Kier molecular flexibility index (Phi) is 7.86. The van der Waals surface area contributed by atoms with Gasteiger partial charge in [0, 0.05) is 52.0 Å². The largest absolute Gasteiger partial charge is 0.481 e. The number of carbonyl (C=O) groups excluding carboxylic acids is 1. The minimum absolute atomic E-state index is 0.00506. The Morgan fingerprint density at radius 2 is 1.28 bits per heavy atom. The number of hydrogen-bond acceptors (Lipinski definition) is 4. The lowest BCUT2D eigenvalue weighted by Crippen LogP contribution is -2.23. The number of aromatic nitrogens is 3. The van der Waals surface area contributed by atoms with E-state index in [-0.39, 0.29) is 18.6 Å². The second-order valence-electron chi connectivity index (χ2n) is 11.9. The number of carbonyl (C=O) groups is 3. The van der Waals surface area contributed by atoms with Crippen LogP contribution in [0.15, 0.2) is 11.4 Å². The maximum absolute atomic E-state index is 13.9. The number of aromatic amines is 3. The smallest absolute Gasteiger partial charge is 0.303 e. The topological polar surface area (TPSA) is 151 Å². The summed E-state index contributed by atoms with van der Waals surface area (Å²) < 4.78 is 0. The normalized spacial score (nSPS) is 17.6. The number of H-pyrrole nitrogens is 3. The molecule has 9 heteroatoms. The van der Waals surface area contributed by atoms with Crippen LogP contribution in [-0.4, -0.2) is 42.9 Å². The van der Waals surface area contributed by atoms with Gasteiger partial charge in [-0.05, 0) is 111 Å². The van der Waals surface area contributed by atoms with Crippen LogP contribution in [-0.2, 0) is 33.6 Å². The first-order valence-electron chi connectivity index (χ1n) is 14.9. The molecule has 2 aliphatic heterocycles. The SMILES string of the molecule is CCc1c2[nH]c(c1C)C=c1[nH]c(c(CCC(=O)O)c1C)=Cc1[nH]c(c(C)c1CCC(=O)O)C=C1NC(=C2)C(C)(CC)C1=O. The monoisotopic (exact) mass is 584 g/mol. The molecular formula is C34H40N4O5. The van der Waals surface area contributed by atoms with Gasteiger partial charge in [-0.25, -0.2) is 0 Å². The van der Waals surface area contributed by atoms with Crippen molar-refractivity contribution in [1.82, 2.24) is 20.3 Å². The molecule has 9 nitrogen and oxygen atoms in total. The van der Waals surface area contributed by atoms with E-state index in [1.54, 1.807) is 0 Å². The summed E-state index contributed by atoms with van der Waals surface area (Å²) in [5.74, 6) is -1.77. The first-order valence-corrected chi connectivity index (χ1v) is 14.9. The fourth-order valence-electron chi connectivity index (χ4n) is 6.39. The summed E-state index contributed by atoms with van der Waals surface area (Å²) in [5, 5.41) is 24.0. The highest BCUT2D eigenvalue weighted by Gasteiger charge is 2.44. The van der Waals surface area contributed by atoms with Gasteiger partial charge in [-0.1, -0.05) is 13.8 Å². The summed E-state index contributed by atoms with van der Waals surface area (Å²) in [4.78, 5) is 47.5. The minimum Gasteiger partial charge on any atom is -0.481 e. The Hall–Kier alpha value is -4.53. The third-order valence-electron chi connectivity index (χ3n) is 9.36. The Morgan fingerprint density at radius 3 is 1.88 bits per heavy atom. The maximum Gasteiger partial charge on any atom is 0.303 e. The van der Waals surface area contributed by atoms with Crippen molar-refractivity contribution in [3.05, 3.63) is 78.2 Å². The summed E-state index contributed by atoms with van der Waals surface area (Å²) in [5.41, 5.74) is 9.79. The van der Waals surface area contributed by atoms with Gasteiger partial charge < -0.3 is 30.5 Å². The van der Waals surface area contributed by atoms with Crippen LogP contribution >= 0.6 is 0 Å². The van der Waals surface area contributed by atoms with Crippen LogP contribution in [0.2, 0.25) is 0 Å². The molecule has 2 aliphatic rings. The molecular weight excluding hydrogens is 544 g/mol. The molecule has 6 N–H and O–H groups in total. The van der Waals surface area contributed by atoms with Gasteiger partial charge in [0.25, 0.3) is 0 Å². The summed E-state index contributed by atoms with van der Waals surface area (Å²) in [7, 11) is 0. The third kappa shape index (κ3) is 5.28. The fourth-order valence-corrected chi connectivity index (χ4v) is 6.39. The van der Waals surface area contributed by atoms with E-state index in [9.17, 15) is 24.6 Å². The van der Waals surface area contributed by atoms with Crippen LogP contribution in [0.1, 0.15) is 96.2 Å². The summed E-state index contributed by atoms with van der Waals surface area (Å²) >= 11 is 0. The fraction of sp³-hybridized carbons (Fsp3) is 0.382. The Labute approximate surface area is 250 Å². The van der Waals surface area contributed by atoms with Crippen molar-refractivity contribution in [3.63, 3.8) is 0 Å². The Bertz CT molecular complexity index is 1840. The van der Waals surface area contributed by atoms with Gasteiger partial charge in [-0.2, -0.15) is 0 Å². The predicted octanol–water partition coefficient (Wildman–Crippen LogP) is 4.13. The van der Waals surface area contributed by atoms with Crippen LogP contribution in [0.3, 0.4) is 0 Å². The molecule has 3 aromatic heterocycles. The Morgan fingerprint density at radius 1 is 0.721 bits per heavy atom. The minimum atomic E-state index is -0.896. The molecule has 0 radical (unpaired) electrons. The molecule has 0 saturated carbocycles. The van der Waals surface area contributed by atoms with Gasteiger partial charge in [0.2, 0.25) is 0 Å². The van der Waals surface area contributed by atoms with E-state index in [2.05, 4.69) is 46.3 Å². The van der Waals surface area contributed by atoms with Gasteiger partial charge in [0.15, 0.2) is 5.78 Å². The van der Waals surface area contributed by atoms with E-state index in [1.807, 2.05) is 39.8 Å². The summed E-state index contributed by atoms with van der Waals surface area (Å²) in [6.45, 7) is 12.1. The molecule has 3 aromatic rings. The highest BCUT2D eigenvalue weighted by atomic mass is 16.4. The van der Waals surface area contributed by atoms with Crippen molar-refractivity contribution in [2.45, 2.75) is 80.1 Å². The number of Topliss-reactive ketones (excluding diaryl/α,β-unsaturated/α-hetero) is 1. The third-order valence-corrected chi connectivity index (χ3v) is 9.36. The highest BCUT2D eigenvalue weighted by Crippen LogP contribution is 2.41. The van der Waals surface area contributed by atoms with E-state index in [1.165, 1.54) is 5.56 Å². The zero-order valence-electron chi connectivity index (χ0n) is 25.7. The predicted molar refractivity (Wildman–Crippen MR) is 167 cm³/mol. The van der Waals surface area contributed by atoms with E-state index in [0.717, 1.165) is 73.4 Å².